The maximum atomic E-state index is 11.8. The second-order valence-corrected chi connectivity index (χ2v) is 3.83. The number of esters is 1. The van der Waals surface area contributed by atoms with Gasteiger partial charge >= 0.3 is 5.97 Å². The van der Waals surface area contributed by atoms with Gasteiger partial charge in [0, 0.05) is 5.57 Å². The maximum Gasteiger partial charge on any atom is 0.338 e. The van der Waals surface area contributed by atoms with E-state index >= 15 is 0 Å². The molecule has 1 atom stereocenters. The highest BCUT2D eigenvalue weighted by molar-refractivity contribution is 5.90. The molecule has 0 radical (unpaired) electrons. The van der Waals surface area contributed by atoms with Crippen LogP contribution in [0.2, 0.25) is 0 Å². The van der Waals surface area contributed by atoms with Gasteiger partial charge in [-0.05, 0) is 19.1 Å². The number of carbonyl (C=O) groups is 1. The zero-order valence-corrected chi connectivity index (χ0v) is 9.88. The molecule has 88 valence electrons. The van der Waals surface area contributed by atoms with Crippen LogP contribution < -0.4 is 0 Å². The van der Waals surface area contributed by atoms with Gasteiger partial charge in [0.1, 0.15) is 6.10 Å². The Morgan fingerprint density at radius 1 is 1.39 bits per heavy atom. The molecule has 0 amide bonds. The number of rotatable bonds is 3. The van der Waals surface area contributed by atoms with Crippen molar-refractivity contribution in [2.75, 3.05) is 0 Å². The van der Waals surface area contributed by atoms with Gasteiger partial charge < -0.3 is 4.74 Å². The first-order valence-electron chi connectivity index (χ1n) is 5.52. The summed E-state index contributed by atoms with van der Waals surface area (Å²) in [6.07, 6.45) is 5.17. The van der Waals surface area contributed by atoms with Gasteiger partial charge in [-0.25, -0.2) is 9.64 Å². The predicted octanol–water partition coefficient (Wildman–Crippen LogP) is 3.43. The molecule has 0 heterocycles. The molecule has 0 unspecified atom stereocenters. The number of hydrogen-bond acceptors (Lipinski definition) is 2. The van der Waals surface area contributed by atoms with Crippen molar-refractivity contribution in [1.29, 1.82) is 0 Å². The van der Waals surface area contributed by atoms with E-state index in [1.807, 2.05) is 12.2 Å². The maximum absolute atomic E-state index is 11.8. The Morgan fingerprint density at radius 3 is 2.67 bits per heavy atom. The van der Waals surface area contributed by atoms with Gasteiger partial charge in [-0.3, -0.25) is 0 Å². The van der Waals surface area contributed by atoms with Gasteiger partial charge in [0.15, 0.2) is 5.69 Å². The minimum Gasteiger partial charge on any atom is -0.454 e. The molecule has 1 aromatic carbocycles. The van der Waals surface area contributed by atoms with E-state index in [9.17, 15) is 4.79 Å². The first-order chi connectivity index (χ1) is 8.70. The third-order valence-corrected chi connectivity index (χ3v) is 2.58. The van der Waals surface area contributed by atoms with Crippen molar-refractivity contribution >= 4 is 11.7 Å². The van der Waals surface area contributed by atoms with Crippen molar-refractivity contribution in [2.24, 2.45) is 0 Å². The van der Waals surface area contributed by atoms with E-state index in [1.54, 1.807) is 37.3 Å². The van der Waals surface area contributed by atoms with E-state index < -0.39 is 5.97 Å². The number of hydrogen-bond donors (Lipinski definition) is 0. The summed E-state index contributed by atoms with van der Waals surface area (Å²) in [7, 11) is 0. The lowest BCUT2D eigenvalue weighted by Crippen LogP contribution is -2.15. The molecule has 0 saturated heterocycles. The molecule has 0 N–H and O–H groups in total. The lowest BCUT2D eigenvalue weighted by atomic mass is 10.2. The number of nitrogens with zero attached hydrogens (tertiary/aromatic N) is 1. The SMILES string of the molecule is [C-]#[N+]c1ccc(C(=O)O[C@H](C)C2=C=CC=C2)cc1. The van der Waals surface area contributed by atoms with Crippen LogP contribution in [0.15, 0.2) is 53.8 Å². The molecule has 3 heteroatoms. The highest BCUT2D eigenvalue weighted by Gasteiger charge is 2.14. The predicted molar refractivity (Wildman–Crippen MR) is 68.3 cm³/mol. The highest BCUT2D eigenvalue weighted by atomic mass is 16.5. The van der Waals surface area contributed by atoms with Crippen LogP contribution in [-0.2, 0) is 4.74 Å². The summed E-state index contributed by atoms with van der Waals surface area (Å²) >= 11 is 0. The van der Waals surface area contributed by atoms with Crippen molar-refractivity contribution in [3.63, 3.8) is 0 Å². The van der Waals surface area contributed by atoms with Gasteiger partial charge in [0.2, 0.25) is 0 Å². The average Bonchev–Trinajstić information content (AvgIpc) is 2.92. The van der Waals surface area contributed by atoms with Crippen molar-refractivity contribution in [2.45, 2.75) is 13.0 Å². The highest BCUT2D eigenvalue weighted by Crippen LogP contribution is 2.16. The smallest absolute Gasteiger partial charge is 0.338 e. The molecule has 0 fully saturated rings. The van der Waals surface area contributed by atoms with Crippen molar-refractivity contribution in [3.8, 4) is 0 Å². The third-order valence-electron chi connectivity index (χ3n) is 2.58. The van der Waals surface area contributed by atoms with Gasteiger partial charge in [-0.2, -0.15) is 0 Å². The topological polar surface area (TPSA) is 30.7 Å². The van der Waals surface area contributed by atoms with Gasteiger partial charge in [-0.1, -0.05) is 30.3 Å². The van der Waals surface area contributed by atoms with Crippen LogP contribution in [0.25, 0.3) is 4.85 Å². The van der Waals surface area contributed by atoms with Crippen molar-refractivity contribution < 1.29 is 9.53 Å². The zero-order chi connectivity index (χ0) is 13.0. The van der Waals surface area contributed by atoms with E-state index in [-0.39, 0.29) is 6.10 Å². The first-order valence-corrected chi connectivity index (χ1v) is 5.52. The summed E-state index contributed by atoms with van der Waals surface area (Å²) < 4.78 is 5.31. The molecule has 1 aliphatic carbocycles. The molecule has 1 aliphatic rings. The van der Waals surface area contributed by atoms with E-state index in [0.717, 1.165) is 5.57 Å². The lowest BCUT2D eigenvalue weighted by molar-refractivity contribution is 0.0412. The molecular weight excluding hydrogens is 226 g/mol. The minimum atomic E-state index is -0.395. The fraction of sp³-hybridized carbons (Fsp3) is 0.133. The monoisotopic (exact) mass is 237 g/mol. The van der Waals surface area contributed by atoms with Crippen LogP contribution in [0.1, 0.15) is 17.3 Å². The molecule has 2 rings (SSSR count). The van der Waals surface area contributed by atoms with Crippen LogP contribution in [-0.4, -0.2) is 12.1 Å². The van der Waals surface area contributed by atoms with E-state index in [2.05, 4.69) is 10.6 Å². The summed E-state index contributed by atoms with van der Waals surface area (Å²) in [5.41, 5.74) is 4.79. The Morgan fingerprint density at radius 2 is 2.11 bits per heavy atom. The van der Waals surface area contributed by atoms with E-state index in [4.69, 9.17) is 11.3 Å². The fourth-order valence-corrected chi connectivity index (χ4v) is 1.56. The van der Waals surface area contributed by atoms with Crippen LogP contribution >= 0.6 is 0 Å². The molecule has 0 spiro atoms. The zero-order valence-electron chi connectivity index (χ0n) is 9.88. The summed E-state index contributed by atoms with van der Waals surface area (Å²) in [5, 5.41) is 0. The third kappa shape index (κ3) is 2.57. The van der Waals surface area contributed by atoms with E-state index in [0.29, 0.717) is 11.3 Å². The molecule has 0 bridgehead atoms. The Balaban J connectivity index is 2.05. The fourth-order valence-electron chi connectivity index (χ4n) is 1.56. The van der Waals surface area contributed by atoms with Crippen LogP contribution in [0.4, 0.5) is 5.69 Å². The normalized spacial score (nSPS) is 13.9. The molecule has 18 heavy (non-hydrogen) atoms. The molecule has 0 aliphatic heterocycles. The van der Waals surface area contributed by atoms with Crippen LogP contribution in [0.3, 0.4) is 0 Å². The Labute approximate surface area is 106 Å². The van der Waals surface area contributed by atoms with Gasteiger partial charge in [0.25, 0.3) is 0 Å². The van der Waals surface area contributed by atoms with Crippen LogP contribution in [0, 0.1) is 6.57 Å². The number of carbonyl (C=O) groups excluding carboxylic acids is 1. The van der Waals surface area contributed by atoms with E-state index in [1.165, 1.54) is 0 Å². The minimum absolute atomic E-state index is 0.326. The Bertz CT molecular complexity index is 596. The van der Waals surface area contributed by atoms with Crippen LogP contribution in [0.5, 0.6) is 0 Å². The molecule has 1 aromatic rings. The number of benzene rings is 1. The quantitative estimate of drug-likeness (QED) is 0.458. The second-order valence-electron chi connectivity index (χ2n) is 3.83. The summed E-state index contributed by atoms with van der Waals surface area (Å²) in [4.78, 5) is 15.1. The lowest BCUT2D eigenvalue weighted by Gasteiger charge is -2.12. The summed E-state index contributed by atoms with van der Waals surface area (Å²) in [6.45, 7) is 8.64. The first kappa shape index (κ1) is 11.9. The number of ether oxygens (including phenoxy) is 1. The summed E-state index contributed by atoms with van der Waals surface area (Å²) in [5.74, 6) is -0.395. The summed E-state index contributed by atoms with van der Waals surface area (Å²) in [6, 6.07) is 6.39. The molecule has 0 saturated carbocycles. The van der Waals surface area contributed by atoms with Crippen molar-refractivity contribution in [3.05, 3.63) is 70.8 Å². The van der Waals surface area contributed by atoms with Gasteiger partial charge in [0.05, 0.1) is 12.1 Å². The molecule has 0 aromatic heterocycles. The number of allylic oxidation sites excluding steroid dienone is 1. The Kier molecular flexibility index (Phi) is 3.43. The van der Waals surface area contributed by atoms with Crippen molar-refractivity contribution in [1.82, 2.24) is 0 Å². The molecule has 3 nitrogen and oxygen atoms in total. The Hall–Kier alpha value is -2.56. The average molecular weight is 237 g/mol. The van der Waals surface area contributed by atoms with Gasteiger partial charge in [-0.15, -0.1) is 5.73 Å². The standard InChI is InChI=1S/C15H11NO2/c1-11(12-5-3-4-6-12)18-15(17)13-7-9-14(16-2)10-8-13/h3-5,7-11H,1H3/t11-/m1/s1. The molecular formula is C15H11NO2. The second kappa shape index (κ2) is 5.18. The largest absolute Gasteiger partial charge is 0.454 e.